The molecule has 0 aliphatic carbocycles. The van der Waals surface area contributed by atoms with Gasteiger partial charge in [0, 0.05) is 24.4 Å². The van der Waals surface area contributed by atoms with Crippen molar-refractivity contribution in [3.05, 3.63) is 54.3 Å². The van der Waals surface area contributed by atoms with Crippen molar-refractivity contribution < 1.29 is 22.3 Å². The van der Waals surface area contributed by atoms with Gasteiger partial charge in [-0.3, -0.25) is 0 Å². The van der Waals surface area contributed by atoms with Crippen LogP contribution in [0.15, 0.2) is 57.8 Å². The van der Waals surface area contributed by atoms with Crippen molar-refractivity contribution in [1.29, 1.82) is 0 Å². The van der Waals surface area contributed by atoms with Gasteiger partial charge in [0.2, 0.25) is 10.0 Å². The third kappa shape index (κ3) is 3.54. The number of aryl methyl sites for hydroxylation is 1. The molecule has 6 nitrogen and oxygen atoms in total. The largest absolute Gasteiger partial charge is 0.486 e. The average molecular weight is 373 g/mol. The number of hydrogen-bond donors (Lipinski definition) is 1. The summed E-state index contributed by atoms with van der Waals surface area (Å²) in [5.74, 6) is 1.88. The van der Waals surface area contributed by atoms with Crippen molar-refractivity contribution in [3.8, 4) is 11.5 Å². The number of fused-ring (bicyclic) bond motifs is 2. The lowest BCUT2D eigenvalue weighted by atomic mass is 10.2. The maximum Gasteiger partial charge on any atom is 0.240 e. The number of hydrogen-bond acceptors (Lipinski definition) is 5. The summed E-state index contributed by atoms with van der Waals surface area (Å²) in [6.45, 7) is 1.22. The molecule has 4 rings (SSSR count). The highest BCUT2D eigenvalue weighted by atomic mass is 32.2. The molecule has 0 bridgehead atoms. The molecule has 26 heavy (non-hydrogen) atoms. The molecule has 1 aliphatic heterocycles. The Morgan fingerprint density at radius 3 is 2.62 bits per heavy atom. The minimum Gasteiger partial charge on any atom is -0.486 e. The maximum absolute atomic E-state index is 12.4. The maximum atomic E-state index is 12.4. The van der Waals surface area contributed by atoms with E-state index in [1.807, 2.05) is 30.3 Å². The molecule has 3 aromatic rings. The van der Waals surface area contributed by atoms with Crippen LogP contribution in [0, 0.1) is 0 Å². The first-order valence-electron chi connectivity index (χ1n) is 8.49. The molecule has 1 aliphatic rings. The van der Waals surface area contributed by atoms with E-state index < -0.39 is 10.0 Å². The van der Waals surface area contributed by atoms with Gasteiger partial charge in [-0.2, -0.15) is 0 Å². The summed E-state index contributed by atoms with van der Waals surface area (Å²) in [7, 11) is -3.59. The van der Waals surface area contributed by atoms with E-state index in [1.165, 1.54) is 12.1 Å². The fourth-order valence-electron chi connectivity index (χ4n) is 2.90. The Labute approximate surface area is 151 Å². The van der Waals surface area contributed by atoms with Crippen LogP contribution in [0.4, 0.5) is 0 Å². The molecule has 0 saturated carbocycles. The van der Waals surface area contributed by atoms with Crippen molar-refractivity contribution in [2.75, 3.05) is 19.8 Å². The van der Waals surface area contributed by atoms with Gasteiger partial charge in [-0.05, 0) is 30.7 Å². The van der Waals surface area contributed by atoms with Crippen LogP contribution < -0.4 is 14.2 Å². The molecule has 0 spiro atoms. The lowest BCUT2D eigenvalue weighted by Gasteiger charge is -2.18. The quantitative estimate of drug-likeness (QED) is 0.672. The second-order valence-electron chi connectivity index (χ2n) is 6.06. The lowest BCUT2D eigenvalue weighted by molar-refractivity contribution is 0.171. The highest BCUT2D eigenvalue weighted by Gasteiger charge is 2.19. The van der Waals surface area contributed by atoms with E-state index in [0.29, 0.717) is 44.1 Å². The van der Waals surface area contributed by atoms with Gasteiger partial charge in [0.15, 0.2) is 11.5 Å². The predicted molar refractivity (Wildman–Crippen MR) is 97.2 cm³/mol. The Bertz CT molecular complexity index is 992. The van der Waals surface area contributed by atoms with E-state index >= 15 is 0 Å². The van der Waals surface area contributed by atoms with Gasteiger partial charge in [-0.15, -0.1) is 0 Å². The first kappa shape index (κ1) is 16.9. The number of sulfonamides is 1. The van der Waals surface area contributed by atoms with Crippen molar-refractivity contribution in [3.63, 3.8) is 0 Å². The number of nitrogens with one attached hydrogen (secondary N) is 1. The number of ether oxygens (including phenoxy) is 2. The third-order valence-electron chi connectivity index (χ3n) is 4.19. The van der Waals surface area contributed by atoms with Crippen LogP contribution in [-0.4, -0.2) is 28.2 Å². The fraction of sp³-hybridized carbons (Fsp3) is 0.263. The normalized spacial score (nSPS) is 13.8. The lowest BCUT2D eigenvalue weighted by Crippen LogP contribution is -2.25. The van der Waals surface area contributed by atoms with Crippen LogP contribution in [-0.2, 0) is 16.4 Å². The second-order valence-corrected chi connectivity index (χ2v) is 7.82. The minimum absolute atomic E-state index is 0.172. The Balaban J connectivity index is 1.36. The zero-order chi connectivity index (χ0) is 18.0. The van der Waals surface area contributed by atoms with Gasteiger partial charge < -0.3 is 13.9 Å². The highest BCUT2D eigenvalue weighted by Crippen LogP contribution is 2.32. The van der Waals surface area contributed by atoms with Crippen LogP contribution >= 0.6 is 0 Å². The molecule has 2 aromatic carbocycles. The summed E-state index contributed by atoms with van der Waals surface area (Å²) in [5, 5.41) is 1.05. The number of furan rings is 1. The minimum atomic E-state index is -3.59. The number of para-hydroxylation sites is 1. The fourth-order valence-corrected chi connectivity index (χ4v) is 3.99. The van der Waals surface area contributed by atoms with E-state index in [2.05, 4.69) is 4.72 Å². The Hall–Kier alpha value is -2.51. The van der Waals surface area contributed by atoms with Crippen LogP contribution in [0.2, 0.25) is 0 Å². The zero-order valence-corrected chi connectivity index (χ0v) is 14.9. The SMILES string of the molecule is O=S(=O)(NCCCc1cc2ccccc2o1)c1ccc2c(c1)OCCO2. The van der Waals surface area contributed by atoms with Crippen molar-refractivity contribution >= 4 is 21.0 Å². The Morgan fingerprint density at radius 2 is 1.77 bits per heavy atom. The van der Waals surface area contributed by atoms with Gasteiger partial charge in [-0.1, -0.05) is 18.2 Å². The summed E-state index contributed by atoms with van der Waals surface area (Å²) in [6.07, 6.45) is 1.31. The standard InChI is InChI=1S/C19H19NO5S/c21-26(22,16-7-8-18-19(13-16)24-11-10-23-18)20-9-3-5-15-12-14-4-1-2-6-17(14)25-15/h1-2,4,6-8,12-13,20H,3,5,9-11H2. The molecule has 2 heterocycles. The number of benzene rings is 2. The number of rotatable bonds is 6. The molecule has 136 valence electrons. The van der Waals surface area contributed by atoms with Gasteiger partial charge >= 0.3 is 0 Å². The first-order chi connectivity index (χ1) is 12.6. The average Bonchev–Trinajstić information content (AvgIpc) is 3.08. The van der Waals surface area contributed by atoms with E-state index in [0.717, 1.165) is 16.7 Å². The Kier molecular flexibility index (Phi) is 4.57. The molecule has 1 aromatic heterocycles. The first-order valence-corrected chi connectivity index (χ1v) is 9.97. The molecule has 1 N–H and O–H groups in total. The molecule has 7 heteroatoms. The van der Waals surface area contributed by atoms with E-state index in [-0.39, 0.29) is 4.90 Å². The predicted octanol–water partition coefficient (Wildman–Crippen LogP) is 3.12. The molecule has 0 amide bonds. The van der Waals surface area contributed by atoms with Crippen molar-refractivity contribution in [2.24, 2.45) is 0 Å². The van der Waals surface area contributed by atoms with Crippen molar-refractivity contribution in [1.82, 2.24) is 4.72 Å². The summed E-state index contributed by atoms with van der Waals surface area (Å²) in [4.78, 5) is 0.172. The topological polar surface area (TPSA) is 77.8 Å². The molecule has 0 radical (unpaired) electrons. The van der Waals surface area contributed by atoms with E-state index in [9.17, 15) is 8.42 Å². The van der Waals surface area contributed by atoms with Crippen LogP contribution in [0.5, 0.6) is 11.5 Å². The highest BCUT2D eigenvalue weighted by molar-refractivity contribution is 7.89. The van der Waals surface area contributed by atoms with Gasteiger partial charge in [0.1, 0.15) is 24.6 Å². The van der Waals surface area contributed by atoms with E-state index in [1.54, 1.807) is 6.07 Å². The van der Waals surface area contributed by atoms with Crippen LogP contribution in [0.3, 0.4) is 0 Å². The van der Waals surface area contributed by atoms with Gasteiger partial charge in [0.25, 0.3) is 0 Å². The molecule has 0 unspecified atom stereocenters. The summed E-state index contributed by atoms with van der Waals surface area (Å²) >= 11 is 0. The van der Waals surface area contributed by atoms with Crippen molar-refractivity contribution in [2.45, 2.75) is 17.7 Å². The molecule has 0 saturated heterocycles. The van der Waals surface area contributed by atoms with Gasteiger partial charge in [-0.25, -0.2) is 13.1 Å². The monoisotopic (exact) mass is 373 g/mol. The van der Waals surface area contributed by atoms with Gasteiger partial charge in [0.05, 0.1) is 4.90 Å². The summed E-state index contributed by atoms with van der Waals surface area (Å²) in [5.41, 5.74) is 0.847. The van der Waals surface area contributed by atoms with E-state index in [4.69, 9.17) is 13.9 Å². The van der Waals surface area contributed by atoms with Crippen LogP contribution in [0.25, 0.3) is 11.0 Å². The summed E-state index contributed by atoms with van der Waals surface area (Å²) < 4.78 is 44.1. The smallest absolute Gasteiger partial charge is 0.240 e. The second kappa shape index (κ2) is 7.01. The summed E-state index contributed by atoms with van der Waals surface area (Å²) in [6, 6.07) is 14.4. The van der Waals surface area contributed by atoms with Crippen LogP contribution in [0.1, 0.15) is 12.2 Å². The zero-order valence-electron chi connectivity index (χ0n) is 14.1. The molecule has 0 atom stereocenters. The third-order valence-corrected chi connectivity index (χ3v) is 5.65. The Morgan fingerprint density at radius 1 is 0.962 bits per heavy atom. The molecular formula is C19H19NO5S. The molecular weight excluding hydrogens is 354 g/mol. The molecule has 0 fully saturated rings.